The lowest BCUT2D eigenvalue weighted by molar-refractivity contribution is -0.134. The Labute approximate surface area is 91.3 Å². The minimum atomic E-state index is -0.833. The summed E-state index contributed by atoms with van der Waals surface area (Å²) in [7, 11) is 0. The largest absolute Gasteiger partial charge is 0.481 e. The molecular formula is C8H21MgNO2. The van der Waals surface area contributed by atoms with Gasteiger partial charge in [0.05, 0.1) is 0 Å². The van der Waals surface area contributed by atoms with E-state index in [1.807, 2.05) is 0 Å². The van der Waals surface area contributed by atoms with Gasteiger partial charge in [-0.25, -0.2) is 0 Å². The fourth-order valence-corrected chi connectivity index (χ4v) is 0.671. The number of aliphatic carboxylic acids is 1. The number of rotatable bonds is 3. The lowest BCUT2D eigenvalue weighted by Crippen LogP contribution is -2.21. The minimum absolute atomic E-state index is 0. The molecule has 0 rings (SSSR count). The maximum atomic E-state index is 9.00. The van der Waals surface area contributed by atoms with Crippen LogP contribution in [0.25, 0.3) is 0 Å². The van der Waals surface area contributed by atoms with Gasteiger partial charge >= 0.3 is 23.1 Å². The molecule has 4 heteroatoms. The molecule has 0 fully saturated rings. The first-order valence-electron chi connectivity index (χ1n) is 4.00. The van der Waals surface area contributed by atoms with Gasteiger partial charge < -0.3 is 10.0 Å². The van der Waals surface area contributed by atoms with Crippen molar-refractivity contribution < 1.29 is 9.90 Å². The van der Waals surface area contributed by atoms with Crippen LogP contribution in [-0.4, -0.2) is 58.7 Å². The normalized spacial score (nSPS) is 8.08. The van der Waals surface area contributed by atoms with Crippen LogP contribution in [0, 0.1) is 0 Å². The van der Waals surface area contributed by atoms with Crippen LogP contribution in [0.3, 0.4) is 0 Å². The maximum Gasteiger partial charge on any atom is 0.316 e. The summed E-state index contributed by atoms with van der Waals surface area (Å²) in [5.41, 5.74) is 0. The first-order chi connectivity index (χ1) is 5.08. The summed E-state index contributed by atoms with van der Waals surface area (Å²) >= 11 is 0. The van der Waals surface area contributed by atoms with Crippen LogP contribution >= 0.6 is 0 Å². The third kappa shape index (κ3) is 22.5. The average molecular weight is 188 g/mol. The zero-order valence-electron chi connectivity index (χ0n) is 7.92. The van der Waals surface area contributed by atoms with Crippen molar-refractivity contribution in [3.63, 3.8) is 0 Å². The number of hydrogen-bond donors (Lipinski definition) is 1. The second-order valence-electron chi connectivity index (χ2n) is 2.14. The van der Waals surface area contributed by atoms with Gasteiger partial charge in [0.1, 0.15) is 0 Å². The zero-order valence-corrected chi connectivity index (χ0v) is 7.92. The monoisotopic (exact) mass is 187 g/mol. The Kier molecular flexibility index (Phi) is 20.7. The highest BCUT2D eigenvalue weighted by Crippen LogP contribution is 1.81. The van der Waals surface area contributed by atoms with Gasteiger partial charge in [0.25, 0.3) is 5.97 Å². The van der Waals surface area contributed by atoms with E-state index < -0.39 is 5.97 Å². The van der Waals surface area contributed by atoms with Crippen LogP contribution in [0.4, 0.5) is 0 Å². The lowest BCUT2D eigenvalue weighted by atomic mass is 10.5. The quantitative estimate of drug-likeness (QED) is 0.655. The SMILES string of the molecule is CC(=O)O.CCN(CC)CC.[MgH2]. The maximum absolute atomic E-state index is 9.00. The molecule has 0 spiro atoms. The van der Waals surface area contributed by atoms with Crippen LogP contribution in [0.1, 0.15) is 27.7 Å². The van der Waals surface area contributed by atoms with Gasteiger partial charge in [-0.3, -0.25) is 4.79 Å². The molecule has 0 saturated carbocycles. The molecule has 1 N–H and O–H groups in total. The molecule has 0 aromatic rings. The zero-order chi connectivity index (χ0) is 9.28. The average Bonchev–Trinajstić information content (AvgIpc) is 1.90. The molecule has 0 bridgehead atoms. The molecule has 3 nitrogen and oxygen atoms in total. The Balaban J connectivity index is -0.000000142. The van der Waals surface area contributed by atoms with Crippen molar-refractivity contribution >= 4 is 29.0 Å². The van der Waals surface area contributed by atoms with E-state index in [1.54, 1.807) is 0 Å². The standard InChI is InChI=1S/C6H15N.C2H4O2.Mg.2H/c1-4-7(5-2)6-3;1-2(3)4;;;/h4-6H2,1-3H3;1H3,(H,3,4);;;. The number of carboxylic acid groups (broad SMARTS) is 1. The Morgan fingerprint density at radius 1 is 1.17 bits per heavy atom. The molecule has 0 radical (unpaired) electrons. The molecule has 72 valence electrons. The highest BCUT2D eigenvalue weighted by Gasteiger charge is 1.89. The van der Waals surface area contributed by atoms with E-state index in [2.05, 4.69) is 25.7 Å². The van der Waals surface area contributed by atoms with E-state index in [1.165, 1.54) is 19.6 Å². The summed E-state index contributed by atoms with van der Waals surface area (Å²) in [6, 6.07) is 0. The molecule has 0 heterocycles. The van der Waals surface area contributed by atoms with Crippen molar-refractivity contribution in [2.75, 3.05) is 19.6 Å². The summed E-state index contributed by atoms with van der Waals surface area (Å²) < 4.78 is 0. The Bertz CT molecular complexity index is 85.5. The van der Waals surface area contributed by atoms with Crippen LogP contribution in [-0.2, 0) is 4.79 Å². The van der Waals surface area contributed by atoms with E-state index in [0.717, 1.165) is 6.92 Å². The van der Waals surface area contributed by atoms with Crippen molar-refractivity contribution in [1.82, 2.24) is 4.90 Å². The highest BCUT2D eigenvalue weighted by molar-refractivity contribution is 5.75. The molecular weight excluding hydrogens is 166 g/mol. The molecule has 0 aliphatic heterocycles. The third-order valence-corrected chi connectivity index (χ3v) is 1.34. The van der Waals surface area contributed by atoms with E-state index in [-0.39, 0.29) is 23.1 Å². The van der Waals surface area contributed by atoms with Gasteiger partial charge in [-0.1, -0.05) is 20.8 Å². The summed E-state index contributed by atoms with van der Waals surface area (Å²) in [6.45, 7) is 11.2. The number of carboxylic acids is 1. The molecule has 0 aromatic carbocycles. The summed E-state index contributed by atoms with van der Waals surface area (Å²) in [4.78, 5) is 11.4. The molecule has 0 atom stereocenters. The van der Waals surface area contributed by atoms with Gasteiger partial charge in [-0.15, -0.1) is 0 Å². The van der Waals surface area contributed by atoms with Gasteiger partial charge in [0.2, 0.25) is 0 Å². The fourth-order valence-electron chi connectivity index (χ4n) is 0.671. The predicted octanol–water partition coefficient (Wildman–Crippen LogP) is 0.523. The topological polar surface area (TPSA) is 40.5 Å². The molecule has 0 amide bonds. The number of carbonyl (C=O) groups is 1. The Morgan fingerprint density at radius 2 is 1.33 bits per heavy atom. The molecule has 0 aliphatic rings. The first-order valence-corrected chi connectivity index (χ1v) is 4.00. The first kappa shape index (κ1) is 18.1. The Morgan fingerprint density at radius 3 is 1.33 bits per heavy atom. The van der Waals surface area contributed by atoms with Crippen molar-refractivity contribution in [1.29, 1.82) is 0 Å². The van der Waals surface area contributed by atoms with Gasteiger partial charge in [0.15, 0.2) is 0 Å². The van der Waals surface area contributed by atoms with E-state index in [4.69, 9.17) is 9.90 Å². The lowest BCUT2D eigenvalue weighted by Gasteiger charge is -2.13. The fraction of sp³-hybridized carbons (Fsp3) is 0.875. The predicted molar refractivity (Wildman–Crippen MR) is 55.3 cm³/mol. The van der Waals surface area contributed by atoms with E-state index >= 15 is 0 Å². The van der Waals surface area contributed by atoms with E-state index in [0.29, 0.717) is 0 Å². The van der Waals surface area contributed by atoms with Crippen LogP contribution in [0.2, 0.25) is 0 Å². The number of hydrogen-bond acceptors (Lipinski definition) is 2. The summed E-state index contributed by atoms with van der Waals surface area (Å²) in [5, 5.41) is 7.42. The smallest absolute Gasteiger partial charge is 0.316 e. The van der Waals surface area contributed by atoms with Crippen molar-refractivity contribution in [3.05, 3.63) is 0 Å². The Hall–Kier alpha value is 0.196. The van der Waals surface area contributed by atoms with Gasteiger partial charge in [-0.05, 0) is 19.6 Å². The van der Waals surface area contributed by atoms with Crippen molar-refractivity contribution in [3.8, 4) is 0 Å². The van der Waals surface area contributed by atoms with Gasteiger partial charge in [-0.2, -0.15) is 0 Å². The van der Waals surface area contributed by atoms with Crippen LogP contribution in [0.5, 0.6) is 0 Å². The van der Waals surface area contributed by atoms with E-state index in [9.17, 15) is 0 Å². The summed E-state index contributed by atoms with van der Waals surface area (Å²) in [6.07, 6.45) is 0. The molecule has 0 aliphatic carbocycles. The van der Waals surface area contributed by atoms with Crippen molar-refractivity contribution in [2.24, 2.45) is 0 Å². The number of nitrogens with zero attached hydrogens (tertiary/aromatic N) is 1. The second kappa shape index (κ2) is 13.8. The van der Waals surface area contributed by atoms with Gasteiger partial charge in [0, 0.05) is 6.92 Å². The van der Waals surface area contributed by atoms with Crippen LogP contribution < -0.4 is 0 Å². The van der Waals surface area contributed by atoms with Crippen molar-refractivity contribution in [2.45, 2.75) is 27.7 Å². The highest BCUT2D eigenvalue weighted by atomic mass is 24.3. The second-order valence-corrected chi connectivity index (χ2v) is 2.14. The minimum Gasteiger partial charge on any atom is -0.481 e. The molecule has 0 unspecified atom stereocenters. The molecule has 0 saturated heterocycles. The molecule has 12 heavy (non-hydrogen) atoms. The third-order valence-electron chi connectivity index (χ3n) is 1.34. The summed E-state index contributed by atoms with van der Waals surface area (Å²) in [5.74, 6) is -0.833. The van der Waals surface area contributed by atoms with Crippen LogP contribution in [0.15, 0.2) is 0 Å². The molecule has 0 aromatic heterocycles.